The number of aliphatic imine (C=N–C) groups is 1. The second-order valence-electron chi connectivity index (χ2n) is 9.19. The van der Waals surface area contributed by atoms with Crippen molar-refractivity contribution >= 4 is 11.9 Å². The SMILES string of the molecule is CCCC/C(=C\C(F)=C(\F)CF)N1CCN=C(/C=C/c2ccc(-n3cnc(C)c3)c(COC)c2)N1CCC. The molecule has 0 amide bonds. The molecular formula is C29H38F3N5O. The predicted molar refractivity (Wildman–Crippen MR) is 147 cm³/mol. The molecule has 2 heterocycles. The van der Waals surface area contributed by atoms with Crippen molar-refractivity contribution in [1.82, 2.24) is 19.6 Å². The smallest absolute Gasteiger partial charge is 0.167 e. The first-order chi connectivity index (χ1) is 18.4. The first kappa shape index (κ1) is 29.2. The van der Waals surface area contributed by atoms with Gasteiger partial charge in [-0.1, -0.05) is 32.4 Å². The van der Waals surface area contributed by atoms with E-state index in [4.69, 9.17) is 9.73 Å². The number of allylic oxidation sites excluding steroid dienone is 4. The fourth-order valence-corrected chi connectivity index (χ4v) is 4.35. The van der Waals surface area contributed by atoms with Crippen LogP contribution in [0.1, 0.15) is 56.4 Å². The molecule has 1 aliphatic heterocycles. The molecule has 0 radical (unpaired) electrons. The van der Waals surface area contributed by atoms with E-state index in [1.165, 1.54) is 0 Å². The number of hydrazine groups is 1. The third kappa shape index (κ3) is 7.60. The molecule has 9 heteroatoms. The van der Waals surface area contributed by atoms with Gasteiger partial charge in [-0.05, 0) is 56.0 Å². The van der Waals surface area contributed by atoms with Crippen LogP contribution in [0.3, 0.4) is 0 Å². The lowest BCUT2D eigenvalue weighted by Gasteiger charge is -2.42. The van der Waals surface area contributed by atoms with E-state index in [0.717, 1.165) is 53.7 Å². The van der Waals surface area contributed by atoms with Crippen LogP contribution in [0.15, 0.2) is 65.2 Å². The summed E-state index contributed by atoms with van der Waals surface area (Å²) in [7, 11) is 1.67. The van der Waals surface area contributed by atoms with Gasteiger partial charge in [0, 0.05) is 31.1 Å². The maximum absolute atomic E-state index is 14.3. The number of unbranched alkanes of at least 4 members (excludes halogenated alkanes) is 1. The van der Waals surface area contributed by atoms with Crippen molar-refractivity contribution in [2.75, 3.05) is 33.4 Å². The fourth-order valence-electron chi connectivity index (χ4n) is 4.35. The molecular weight excluding hydrogens is 491 g/mol. The third-order valence-corrected chi connectivity index (χ3v) is 6.18. The number of halogens is 3. The van der Waals surface area contributed by atoms with Gasteiger partial charge in [-0.25, -0.2) is 18.2 Å². The lowest BCUT2D eigenvalue weighted by molar-refractivity contribution is 0.0751. The molecule has 0 saturated heterocycles. The van der Waals surface area contributed by atoms with Gasteiger partial charge in [-0.2, -0.15) is 0 Å². The monoisotopic (exact) mass is 529 g/mol. The van der Waals surface area contributed by atoms with Crippen LogP contribution in [-0.2, 0) is 11.3 Å². The van der Waals surface area contributed by atoms with Gasteiger partial charge in [0.25, 0.3) is 0 Å². The largest absolute Gasteiger partial charge is 0.380 e. The number of nitrogens with zero attached hydrogens (tertiary/aromatic N) is 5. The number of aromatic nitrogens is 2. The number of ether oxygens (including phenoxy) is 1. The summed E-state index contributed by atoms with van der Waals surface area (Å²) >= 11 is 0. The number of rotatable bonds is 13. The summed E-state index contributed by atoms with van der Waals surface area (Å²) in [4.78, 5) is 9.05. The van der Waals surface area contributed by atoms with Crippen molar-refractivity contribution in [2.45, 2.75) is 53.1 Å². The Morgan fingerprint density at radius 3 is 2.63 bits per heavy atom. The third-order valence-electron chi connectivity index (χ3n) is 6.18. The van der Waals surface area contributed by atoms with E-state index in [2.05, 4.69) is 18.0 Å². The lowest BCUT2D eigenvalue weighted by atomic mass is 10.1. The molecule has 1 aliphatic rings. The highest BCUT2D eigenvalue weighted by atomic mass is 19.2. The second kappa shape index (κ2) is 14.6. The molecule has 3 rings (SSSR count). The van der Waals surface area contributed by atoms with E-state index >= 15 is 0 Å². The minimum atomic E-state index is -1.46. The predicted octanol–water partition coefficient (Wildman–Crippen LogP) is 6.88. The number of methoxy groups -OCH3 is 1. The van der Waals surface area contributed by atoms with Gasteiger partial charge >= 0.3 is 0 Å². The Morgan fingerprint density at radius 2 is 1.97 bits per heavy atom. The van der Waals surface area contributed by atoms with Crippen LogP contribution in [0.25, 0.3) is 11.8 Å². The lowest BCUT2D eigenvalue weighted by Crippen LogP contribution is -2.49. The Labute approximate surface area is 223 Å². The van der Waals surface area contributed by atoms with Gasteiger partial charge in [0.05, 0.1) is 37.4 Å². The van der Waals surface area contributed by atoms with Crippen LogP contribution >= 0.6 is 0 Å². The van der Waals surface area contributed by atoms with E-state index in [1.54, 1.807) is 13.4 Å². The first-order valence-electron chi connectivity index (χ1n) is 13.1. The van der Waals surface area contributed by atoms with Crippen molar-refractivity contribution < 1.29 is 17.9 Å². The normalized spacial score (nSPS) is 15.3. The topological polar surface area (TPSA) is 45.9 Å². The van der Waals surface area contributed by atoms with Crippen molar-refractivity contribution in [1.29, 1.82) is 0 Å². The molecule has 1 aromatic carbocycles. The van der Waals surface area contributed by atoms with Gasteiger partial charge in [0.1, 0.15) is 12.5 Å². The van der Waals surface area contributed by atoms with Crippen LogP contribution in [-0.4, -0.2) is 58.8 Å². The summed E-state index contributed by atoms with van der Waals surface area (Å²) in [6.07, 6.45) is 11.9. The average Bonchev–Trinajstić information content (AvgIpc) is 3.36. The summed E-state index contributed by atoms with van der Waals surface area (Å²) in [5.41, 5.74) is 4.55. The molecule has 0 saturated carbocycles. The highest BCUT2D eigenvalue weighted by Crippen LogP contribution is 2.24. The minimum absolute atomic E-state index is 0.449. The molecule has 0 fully saturated rings. The van der Waals surface area contributed by atoms with E-state index in [1.807, 2.05) is 58.9 Å². The van der Waals surface area contributed by atoms with Gasteiger partial charge in [0.15, 0.2) is 11.7 Å². The van der Waals surface area contributed by atoms with Crippen molar-refractivity contribution in [2.24, 2.45) is 4.99 Å². The number of alkyl halides is 1. The summed E-state index contributed by atoms with van der Waals surface area (Å²) in [6, 6.07) is 6.13. The zero-order valence-corrected chi connectivity index (χ0v) is 22.8. The maximum atomic E-state index is 14.3. The highest BCUT2D eigenvalue weighted by Gasteiger charge is 2.24. The molecule has 0 aliphatic carbocycles. The zero-order chi connectivity index (χ0) is 27.5. The molecule has 0 bridgehead atoms. The molecule has 1 aromatic heterocycles. The quantitative estimate of drug-likeness (QED) is 0.266. The first-order valence-corrected chi connectivity index (χ1v) is 13.1. The summed E-state index contributed by atoms with van der Waals surface area (Å²) in [5, 5.41) is 3.96. The van der Waals surface area contributed by atoms with Gasteiger partial charge in [-0.3, -0.25) is 15.0 Å². The molecule has 0 unspecified atom stereocenters. The van der Waals surface area contributed by atoms with Gasteiger partial charge in [-0.15, -0.1) is 0 Å². The van der Waals surface area contributed by atoms with Crippen LogP contribution in [0.5, 0.6) is 0 Å². The van der Waals surface area contributed by atoms with Crippen molar-refractivity contribution in [3.8, 4) is 5.69 Å². The number of imidazole rings is 1. The Hall–Kier alpha value is -3.33. The van der Waals surface area contributed by atoms with E-state index < -0.39 is 18.3 Å². The van der Waals surface area contributed by atoms with Gasteiger partial charge < -0.3 is 9.30 Å². The number of benzene rings is 1. The van der Waals surface area contributed by atoms with E-state index in [-0.39, 0.29) is 0 Å². The Morgan fingerprint density at radius 1 is 1.16 bits per heavy atom. The van der Waals surface area contributed by atoms with Crippen LogP contribution in [0.2, 0.25) is 0 Å². The summed E-state index contributed by atoms with van der Waals surface area (Å²) in [6.45, 7) is 6.73. The number of hydrogen-bond donors (Lipinski definition) is 0. The molecule has 0 N–H and O–H groups in total. The fraction of sp³-hybridized carbons (Fsp3) is 0.448. The maximum Gasteiger partial charge on any atom is 0.167 e. The van der Waals surface area contributed by atoms with Crippen LogP contribution in [0.4, 0.5) is 13.2 Å². The van der Waals surface area contributed by atoms with Crippen LogP contribution < -0.4 is 0 Å². The number of hydrogen-bond acceptors (Lipinski definition) is 5. The Balaban J connectivity index is 1.91. The molecule has 6 nitrogen and oxygen atoms in total. The minimum Gasteiger partial charge on any atom is -0.380 e. The molecule has 0 atom stereocenters. The Kier molecular flexibility index (Phi) is 11.2. The molecule has 0 spiro atoms. The standard InChI is InChI=1S/C29H38F3N5O/c1-5-7-8-25(17-26(31)27(32)18-30)36-15-13-33-29(37(36)14-6-2)12-10-23-9-11-28(24(16-23)20-38-4)35-19-22(3)34-21-35/h9-12,16-17,19,21H,5-8,13-15,18,20H2,1-4H3/b12-10+,25-17+,27-26-. The molecule has 2 aromatic rings. The second-order valence-corrected chi connectivity index (χ2v) is 9.19. The summed E-state index contributed by atoms with van der Waals surface area (Å²) < 4.78 is 48.1. The van der Waals surface area contributed by atoms with Gasteiger partial charge in [0.2, 0.25) is 0 Å². The number of amidine groups is 1. The van der Waals surface area contributed by atoms with E-state index in [0.29, 0.717) is 38.4 Å². The summed E-state index contributed by atoms with van der Waals surface area (Å²) in [5.74, 6) is -1.81. The highest BCUT2D eigenvalue weighted by molar-refractivity contribution is 5.96. The van der Waals surface area contributed by atoms with E-state index in [9.17, 15) is 13.2 Å². The zero-order valence-electron chi connectivity index (χ0n) is 22.8. The van der Waals surface area contributed by atoms with Crippen molar-refractivity contribution in [3.63, 3.8) is 0 Å². The van der Waals surface area contributed by atoms with Crippen LogP contribution in [0, 0.1) is 6.92 Å². The number of aryl methyl sites for hydroxylation is 1. The Bertz CT molecular complexity index is 1180. The average molecular weight is 530 g/mol. The molecule has 206 valence electrons. The van der Waals surface area contributed by atoms with Crippen molar-refractivity contribution in [3.05, 3.63) is 77.0 Å². The molecule has 38 heavy (non-hydrogen) atoms.